The minimum atomic E-state index is -1.03. The van der Waals surface area contributed by atoms with Crippen molar-refractivity contribution in [1.29, 1.82) is 0 Å². The Morgan fingerprint density at radius 2 is 1.77 bits per heavy atom. The number of urea groups is 1. The molecule has 0 radical (unpaired) electrons. The number of para-hydroxylation sites is 1. The number of rotatable bonds is 8. The van der Waals surface area contributed by atoms with Crippen LogP contribution in [0, 0.1) is 6.92 Å². The first-order chi connectivity index (χ1) is 16.9. The molecule has 178 valence electrons. The third kappa shape index (κ3) is 5.33. The summed E-state index contributed by atoms with van der Waals surface area (Å²) in [5.74, 6) is -0.678. The summed E-state index contributed by atoms with van der Waals surface area (Å²) >= 11 is 0. The lowest BCUT2D eigenvalue weighted by atomic mass is 10.1. The molecule has 3 amide bonds. The van der Waals surface area contributed by atoms with Gasteiger partial charge in [0.15, 0.2) is 11.5 Å². The number of carbonyl (C=O) groups is 3. The maximum Gasteiger partial charge on any atom is 0.335 e. The van der Waals surface area contributed by atoms with Gasteiger partial charge in [-0.15, -0.1) is 0 Å². The summed E-state index contributed by atoms with van der Waals surface area (Å²) < 4.78 is 11.4. The SMILES string of the molecule is COc1cccc(/C=C2/NC(=O)N(Cc3ccc(C)cc3)C2=O)c1OCc1cccc(C(=O)O)c1. The molecule has 3 aromatic carbocycles. The van der Waals surface area contributed by atoms with Crippen molar-refractivity contribution in [3.05, 3.63) is 100 Å². The van der Waals surface area contributed by atoms with Crippen molar-refractivity contribution in [3.63, 3.8) is 0 Å². The second-order valence-corrected chi connectivity index (χ2v) is 8.04. The molecule has 0 aromatic heterocycles. The fourth-order valence-electron chi connectivity index (χ4n) is 3.66. The van der Waals surface area contributed by atoms with Crippen LogP contribution in [0.3, 0.4) is 0 Å². The lowest BCUT2D eigenvalue weighted by Gasteiger charge is -2.14. The van der Waals surface area contributed by atoms with E-state index < -0.39 is 17.9 Å². The first kappa shape index (κ1) is 23.6. The fraction of sp³-hybridized carbons (Fsp3) is 0.148. The van der Waals surface area contributed by atoms with E-state index in [1.165, 1.54) is 19.2 Å². The molecule has 1 aliphatic heterocycles. The second-order valence-electron chi connectivity index (χ2n) is 8.04. The molecule has 1 heterocycles. The average Bonchev–Trinajstić information content (AvgIpc) is 3.11. The highest BCUT2D eigenvalue weighted by atomic mass is 16.5. The van der Waals surface area contributed by atoms with Crippen LogP contribution < -0.4 is 14.8 Å². The number of aromatic carboxylic acids is 1. The maximum atomic E-state index is 13.0. The molecule has 3 aromatic rings. The second kappa shape index (κ2) is 10.1. The summed E-state index contributed by atoms with van der Waals surface area (Å²) in [7, 11) is 1.50. The molecule has 8 nitrogen and oxygen atoms in total. The molecule has 0 spiro atoms. The molecule has 0 atom stereocenters. The van der Waals surface area contributed by atoms with Gasteiger partial charge in [0.2, 0.25) is 0 Å². The lowest BCUT2D eigenvalue weighted by molar-refractivity contribution is -0.123. The van der Waals surface area contributed by atoms with Crippen LogP contribution in [-0.2, 0) is 17.9 Å². The van der Waals surface area contributed by atoms with Crippen molar-refractivity contribution < 1.29 is 29.0 Å². The molecule has 1 aliphatic rings. The normalized spacial score (nSPS) is 14.2. The first-order valence-corrected chi connectivity index (χ1v) is 10.9. The number of nitrogens with zero attached hydrogens (tertiary/aromatic N) is 1. The van der Waals surface area contributed by atoms with Crippen LogP contribution in [0.25, 0.3) is 6.08 Å². The average molecular weight is 472 g/mol. The molecular weight excluding hydrogens is 448 g/mol. The number of carboxylic acids is 1. The van der Waals surface area contributed by atoms with Gasteiger partial charge in [-0.2, -0.15) is 0 Å². The Labute approximate surface area is 202 Å². The zero-order valence-corrected chi connectivity index (χ0v) is 19.3. The summed E-state index contributed by atoms with van der Waals surface area (Å²) in [5, 5.41) is 11.8. The molecule has 0 unspecified atom stereocenters. The number of methoxy groups -OCH3 is 1. The van der Waals surface area contributed by atoms with Crippen molar-refractivity contribution in [2.75, 3.05) is 7.11 Å². The Morgan fingerprint density at radius 3 is 2.49 bits per heavy atom. The van der Waals surface area contributed by atoms with Crippen LogP contribution in [-0.4, -0.2) is 35.0 Å². The Bertz CT molecular complexity index is 1310. The molecule has 0 bridgehead atoms. The fourth-order valence-corrected chi connectivity index (χ4v) is 3.66. The van der Waals surface area contributed by atoms with Crippen LogP contribution >= 0.6 is 0 Å². The predicted octanol–water partition coefficient (Wildman–Crippen LogP) is 4.37. The Kier molecular flexibility index (Phi) is 6.82. The summed E-state index contributed by atoms with van der Waals surface area (Å²) in [6.07, 6.45) is 1.54. The van der Waals surface area contributed by atoms with Gasteiger partial charge in [0.25, 0.3) is 5.91 Å². The van der Waals surface area contributed by atoms with E-state index in [0.717, 1.165) is 16.0 Å². The number of hydrogen-bond acceptors (Lipinski definition) is 5. The maximum absolute atomic E-state index is 13.0. The highest BCUT2D eigenvalue weighted by Crippen LogP contribution is 2.34. The standard InChI is InChI=1S/C27H24N2O6/c1-17-9-11-18(12-10-17)15-29-25(30)22(28-27(29)33)14-20-6-4-8-23(34-2)24(20)35-16-19-5-3-7-21(13-19)26(31)32/h3-14H,15-16H2,1-2H3,(H,28,33)(H,31,32)/b22-14+. The van der Waals surface area contributed by atoms with Gasteiger partial charge in [-0.1, -0.05) is 54.1 Å². The van der Waals surface area contributed by atoms with E-state index in [9.17, 15) is 19.5 Å². The van der Waals surface area contributed by atoms with Crippen LogP contribution in [0.4, 0.5) is 4.79 Å². The topological polar surface area (TPSA) is 105 Å². The molecule has 4 rings (SSSR count). The molecule has 1 fully saturated rings. The monoisotopic (exact) mass is 472 g/mol. The number of amides is 3. The lowest BCUT2D eigenvalue weighted by Crippen LogP contribution is -2.30. The van der Waals surface area contributed by atoms with Gasteiger partial charge in [-0.25, -0.2) is 9.59 Å². The van der Waals surface area contributed by atoms with Crippen molar-refractivity contribution in [2.24, 2.45) is 0 Å². The number of ether oxygens (including phenoxy) is 2. The smallest absolute Gasteiger partial charge is 0.335 e. The highest BCUT2D eigenvalue weighted by molar-refractivity contribution is 6.14. The Hall–Kier alpha value is -4.59. The van der Waals surface area contributed by atoms with Gasteiger partial charge in [0.05, 0.1) is 19.2 Å². The number of hydrogen-bond donors (Lipinski definition) is 2. The summed E-state index contributed by atoms with van der Waals surface area (Å²) in [6, 6.07) is 18.7. The molecule has 8 heteroatoms. The van der Waals surface area contributed by atoms with E-state index in [0.29, 0.717) is 22.6 Å². The van der Waals surface area contributed by atoms with Crippen LogP contribution in [0.15, 0.2) is 72.4 Å². The quantitative estimate of drug-likeness (QED) is 0.373. The van der Waals surface area contributed by atoms with Gasteiger partial charge in [-0.3, -0.25) is 9.69 Å². The number of aryl methyl sites for hydroxylation is 1. The molecule has 1 saturated heterocycles. The minimum Gasteiger partial charge on any atom is -0.493 e. The number of nitrogens with one attached hydrogen (secondary N) is 1. The number of imide groups is 1. The zero-order chi connectivity index (χ0) is 24.9. The first-order valence-electron chi connectivity index (χ1n) is 10.9. The zero-order valence-electron chi connectivity index (χ0n) is 19.3. The number of carbonyl (C=O) groups excluding carboxylic acids is 2. The summed E-state index contributed by atoms with van der Waals surface area (Å²) in [4.78, 5) is 37.9. The van der Waals surface area contributed by atoms with Crippen LogP contribution in [0.2, 0.25) is 0 Å². The Morgan fingerprint density at radius 1 is 1.03 bits per heavy atom. The largest absolute Gasteiger partial charge is 0.493 e. The Balaban J connectivity index is 1.58. The third-order valence-corrected chi connectivity index (χ3v) is 5.51. The number of carboxylic acid groups (broad SMARTS) is 1. The van der Waals surface area contributed by atoms with E-state index in [-0.39, 0.29) is 24.4 Å². The van der Waals surface area contributed by atoms with E-state index in [1.807, 2.05) is 31.2 Å². The van der Waals surface area contributed by atoms with Gasteiger partial charge in [0.1, 0.15) is 12.3 Å². The molecule has 0 saturated carbocycles. The van der Waals surface area contributed by atoms with Gasteiger partial charge >= 0.3 is 12.0 Å². The van der Waals surface area contributed by atoms with Crippen LogP contribution in [0.5, 0.6) is 11.5 Å². The highest BCUT2D eigenvalue weighted by Gasteiger charge is 2.33. The van der Waals surface area contributed by atoms with Gasteiger partial charge in [-0.05, 0) is 42.3 Å². The minimum absolute atomic E-state index is 0.0809. The molecule has 2 N–H and O–H groups in total. The van der Waals surface area contributed by atoms with Gasteiger partial charge < -0.3 is 19.9 Å². The van der Waals surface area contributed by atoms with Crippen molar-refractivity contribution in [2.45, 2.75) is 20.1 Å². The van der Waals surface area contributed by atoms with E-state index in [4.69, 9.17) is 9.47 Å². The molecule has 35 heavy (non-hydrogen) atoms. The van der Waals surface area contributed by atoms with Crippen molar-refractivity contribution in [1.82, 2.24) is 10.2 Å². The van der Waals surface area contributed by atoms with E-state index in [1.54, 1.807) is 36.4 Å². The predicted molar refractivity (Wildman–Crippen MR) is 129 cm³/mol. The van der Waals surface area contributed by atoms with Crippen molar-refractivity contribution in [3.8, 4) is 11.5 Å². The summed E-state index contributed by atoms with van der Waals surface area (Å²) in [6.45, 7) is 2.20. The van der Waals surface area contributed by atoms with Crippen molar-refractivity contribution >= 4 is 24.0 Å². The third-order valence-electron chi connectivity index (χ3n) is 5.51. The van der Waals surface area contributed by atoms with Gasteiger partial charge in [0, 0.05) is 5.56 Å². The van der Waals surface area contributed by atoms with E-state index >= 15 is 0 Å². The van der Waals surface area contributed by atoms with Crippen LogP contribution in [0.1, 0.15) is 32.6 Å². The number of benzene rings is 3. The summed E-state index contributed by atoms with van der Waals surface area (Å²) in [5.41, 5.74) is 3.39. The van der Waals surface area contributed by atoms with E-state index in [2.05, 4.69) is 5.32 Å². The molecular formula is C27H24N2O6. The molecule has 0 aliphatic carbocycles.